The van der Waals surface area contributed by atoms with Gasteiger partial charge in [0.05, 0.1) is 24.1 Å². The van der Waals surface area contributed by atoms with E-state index >= 15 is 0 Å². The van der Waals surface area contributed by atoms with Gasteiger partial charge in [0.25, 0.3) is 5.91 Å². The molecule has 40 heavy (non-hydrogen) atoms. The van der Waals surface area contributed by atoms with E-state index in [2.05, 4.69) is 0 Å². The van der Waals surface area contributed by atoms with Crippen molar-refractivity contribution >= 4 is 16.9 Å². The quantitative estimate of drug-likeness (QED) is 0.233. The molecule has 0 saturated heterocycles. The number of carbonyl (C=O) groups excluding carboxylic acids is 1. The molecule has 0 spiro atoms. The molecule has 1 amide bonds. The largest absolute Gasteiger partial charge is 0.497 e. The van der Waals surface area contributed by atoms with Gasteiger partial charge < -0.3 is 18.8 Å². The van der Waals surface area contributed by atoms with Gasteiger partial charge >= 0.3 is 0 Å². The molecule has 0 radical (unpaired) electrons. The third-order valence-electron chi connectivity index (χ3n) is 7.15. The zero-order chi connectivity index (χ0) is 27.6. The van der Waals surface area contributed by atoms with Gasteiger partial charge in [0.2, 0.25) is 5.76 Å². The second-order valence-corrected chi connectivity index (χ2v) is 9.66. The van der Waals surface area contributed by atoms with Gasteiger partial charge in [-0.3, -0.25) is 9.59 Å². The number of fused-ring (bicyclic) bond motifs is 2. The molecule has 0 aliphatic carbocycles. The summed E-state index contributed by atoms with van der Waals surface area (Å²) >= 11 is 0. The summed E-state index contributed by atoms with van der Waals surface area (Å²) < 4.78 is 31.3. The minimum Gasteiger partial charge on any atom is -0.497 e. The number of benzene rings is 4. The number of nitrogens with zero attached hydrogens (tertiary/aromatic N) is 1. The summed E-state index contributed by atoms with van der Waals surface area (Å²) in [7, 11) is 1.61. The maximum atomic E-state index is 14.1. The maximum absolute atomic E-state index is 14.1. The minimum atomic E-state index is -0.718. The second-order valence-electron chi connectivity index (χ2n) is 9.66. The molecule has 1 atom stereocenters. The molecule has 5 aromatic rings. The van der Waals surface area contributed by atoms with Crippen LogP contribution in [0.3, 0.4) is 0 Å². The Morgan fingerprint density at radius 3 is 2.42 bits per heavy atom. The first-order chi connectivity index (χ1) is 19.5. The molecule has 1 aromatic heterocycles. The molecule has 0 saturated carbocycles. The number of hydrogen-bond acceptors (Lipinski definition) is 5. The predicted octanol–water partition coefficient (Wildman–Crippen LogP) is 6.31. The fourth-order valence-electron chi connectivity index (χ4n) is 5.13. The highest BCUT2D eigenvalue weighted by Crippen LogP contribution is 2.39. The number of carbonyl (C=O) groups is 1. The van der Waals surface area contributed by atoms with E-state index in [1.165, 1.54) is 12.1 Å². The number of hydrogen-bond donors (Lipinski definition) is 0. The fraction of sp³-hybridized carbons (Fsp3) is 0.152. The molecule has 0 N–H and O–H groups in total. The van der Waals surface area contributed by atoms with Gasteiger partial charge in [0.1, 0.15) is 29.5 Å². The van der Waals surface area contributed by atoms with Crippen LogP contribution in [0, 0.1) is 5.82 Å². The van der Waals surface area contributed by atoms with E-state index in [1.54, 1.807) is 12.0 Å². The first kappa shape index (κ1) is 25.4. The summed E-state index contributed by atoms with van der Waals surface area (Å²) in [5.74, 6) is 0.404. The number of rotatable bonds is 8. The molecule has 200 valence electrons. The lowest BCUT2D eigenvalue weighted by molar-refractivity contribution is 0.0729. The van der Waals surface area contributed by atoms with E-state index in [4.69, 9.17) is 13.9 Å². The molecule has 7 heteroatoms. The van der Waals surface area contributed by atoms with Crippen LogP contribution < -0.4 is 14.9 Å². The van der Waals surface area contributed by atoms with Gasteiger partial charge in [-0.15, -0.1) is 0 Å². The van der Waals surface area contributed by atoms with Crippen molar-refractivity contribution in [2.45, 2.75) is 19.1 Å². The van der Waals surface area contributed by atoms with Crippen LogP contribution in [0.2, 0.25) is 0 Å². The van der Waals surface area contributed by atoms with Crippen molar-refractivity contribution in [2.24, 2.45) is 0 Å². The van der Waals surface area contributed by atoms with Crippen LogP contribution in [0.25, 0.3) is 11.0 Å². The van der Waals surface area contributed by atoms with Crippen LogP contribution in [0.4, 0.5) is 4.39 Å². The average molecular weight is 536 g/mol. The van der Waals surface area contributed by atoms with Gasteiger partial charge in [-0.2, -0.15) is 0 Å². The Labute approximate surface area is 230 Å². The smallest absolute Gasteiger partial charge is 0.290 e. The summed E-state index contributed by atoms with van der Waals surface area (Å²) in [5.41, 5.74) is 2.69. The third kappa shape index (κ3) is 4.82. The highest BCUT2D eigenvalue weighted by molar-refractivity contribution is 5.99. The van der Waals surface area contributed by atoms with Crippen molar-refractivity contribution in [3.8, 4) is 11.5 Å². The molecule has 0 bridgehead atoms. The number of ether oxygens (including phenoxy) is 2. The lowest BCUT2D eigenvalue weighted by Crippen LogP contribution is -2.31. The lowest BCUT2D eigenvalue weighted by Gasteiger charge is -2.25. The zero-order valence-corrected chi connectivity index (χ0v) is 21.8. The molecule has 4 aromatic carbocycles. The summed E-state index contributed by atoms with van der Waals surface area (Å²) in [4.78, 5) is 29.1. The number of halogens is 1. The lowest BCUT2D eigenvalue weighted by atomic mass is 9.98. The van der Waals surface area contributed by atoms with Crippen molar-refractivity contribution in [1.29, 1.82) is 0 Å². The average Bonchev–Trinajstić information content (AvgIpc) is 3.27. The van der Waals surface area contributed by atoms with Gasteiger partial charge in [-0.05, 0) is 65.6 Å². The highest BCUT2D eigenvalue weighted by Gasteiger charge is 2.42. The van der Waals surface area contributed by atoms with Gasteiger partial charge in [0, 0.05) is 6.54 Å². The van der Waals surface area contributed by atoms with Crippen molar-refractivity contribution in [2.75, 3.05) is 13.7 Å². The van der Waals surface area contributed by atoms with E-state index in [9.17, 15) is 14.0 Å². The van der Waals surface area contributed by atoms with E-state index in [-0.39, 0.29) is 28.2 Å². The Bertz CT molecular complexity index is 1750. The molecule has 6 nitrogen and oxygen atoms in total. The van der Waals surface area contributed by atoms with Crippen LogP contribution >= 0.6 is 0 Å². The summed E-state index contributed by atoms with van der Waals surface area (Å²) in [5, 5.41) is 0.102. The number of amides is 1. The van der Waals surface area contributed by atoms with Gasteiger partial charge in [-0.25, -0.2) is 4.39 Å². The maximum Gasteiger partial charge on any atom is 0.290 e. The molecule has 6 rings (SSSR count). The first-order valence-electron chi connectivity index (χ1n) is 13.0. The molecular weight excluding hydrogens is 509 g/mol. The Kier molecular flexibility index (Phi) is 6.78. The Morgan fingerprint density at radius 2 is 1.65 bits per heavy atom. The van der Waals surface area contributed by atoms with Crippen LogP contribution in [0.5, 0.6) is 11.5 Å². The van der Waals surface area contributed by atoms with Crippen LogP contribution in [-0.4, -0.2) is 24.5 Å². The highest BCUT2D eigenvalue weighted by atomic mass is 19.1. The zero-order valence-electron chi connectivity index (χ0n) is 21.8. The molecule has 1 aliphatic rings. The van der Waals surface area contributed by atoms with Crippen molar-refractivity contribution in [3.63, 3.8) is 0 Å². The SMILES string of the molecule is COc1ccc(CCN2C(=O)c3oc4ccc(F)cc4c(=O)c3C2c2cccc(OCc3ccccc3)c2)cc1. The third-order valence-corrected chi connectivity index (χ3v) is 7.15. The predicted molar refractivity (Wildman–Crippen MR) is 149 cm³/mol. The summed E-state index contributed by atoms with van der Waals surface area (Å²) in [6.07, 6.45) is 0.548. The standard InChI is InChI=1S/C33H26FNO5/c1-38-25-13-10-21(11-14-25)16-17-35-30(23-8-5-9-26(18-23)39-20-22-6-3-2-4-7-22)29-31(36)27-19-24(34)12-15-28(27)40-32(29)33(35)37/h2-15,18-19,30H,16-17,20H2,1H3. The molecule has 2 heterocycles. The van der Waals surface area contributed by atoms with Gasteiger partial charge in [0.15, 0.2) is 5.43 Å². The van der Waals surface area contributed by atoms with Crippen LogP contribution in [0.15, 0.2) is 106 Å². The Hall–Kier alpha value is -4.91. The van der Waals surface area contributed by atoms with E-state index in [0.29, 0.717) is 30.9 Å². The van der Waals surface area contributed by atoms with Gasteiger partial charge in [-0.1, -0.05) is 54.6 Å². The molecule has 0 fully saturated rings. The van der Waals surface area contributed by atoms with E-state index in [1.807, 2.05) is 78.9 Å². The fourth-order valence-corrected chi connectivity index (χ4v) is 5.13. The topological polar surface area (TPSA) is 69.0 Å². The van der Waals surface area contributed by atoms with Crippen molar-refractivity contribution < 1.29 is 23.1 Å². The Morgan fingerprint density at radius 1 is 0.850 bits per heavy atom. The van der Waals surface area contributed by atoms with Crippen LogP contribution in [0.1, 0.15) is 38.9 Å². The Balaban J connectivity index is 1.39. The monoisotopic (exact) mass is 535 g/mol. The van der Waals surface area contributed by atoms with Crippen molar-refractivity contribution in [1.82, 2.24) is 4.90 Å². The number of methoxy groups -OCH3 is 1. The van der Waals surface area contributed by atoms with E-state index < -0.39 is 17.3 Å². The second kappa shape index (κ2) is 10.7. The van der Waals surface area contributed by atoms with Crippen LogP contribution in [-0.2, 0) is 13.0 Å². The molecule has 1 aliphatic heterocycles. The molecular formula is C33H26FNO5. The molecule has 1 unspecified atom stereocenters. The first-order valence-corrected chi connectivity index (χ1v) is 13.0. The summed E-state index contributed by atoms with van der Waals surface area (Å²) in [6.45, 7) is 0.705. The minimum absolute atomic E-state index is 0.0144. The van der Waals surface area contributed by atoms with Crippen molar-refractivity contribution in [3.05, 3.63) is 141 Å². The van der Waals surface area contributed by atoms with E-state index in [0.717, 1.165) is 22.9 Å². The normalized spacial score (nSPS) is 14.4. The summed E-state index contributed by atoms with van der Waals surface area (Å²) in [6, 6.07) is 27.8.